The number of rotatable bonds is 4. The van der Waals surface area contributed by atoms with E-state index < -0.39 is 0 Å². The molecule has 0 unspecified atom stereocenters. The molecule has 0 amide bonds. The van der Waals surface area contributed by atoms with Crippen LogP contribution in [-0.4, -0.2) is 19.0 Å². The Balaban J connectivity index is 0. The number of hydroxylamine groups is 1. The quantitative estimate of drug-likeness (QED) is 0.426. The summed E-state index contributed by atoms with van der Waals surface area (Å²) in [6, 6.07) is 0. The van der Waals surface area contributed by atoms with Crippen molar-refractivity contribution in [3.05, 3.63) is 5.48 Å². The largest absolute Gasteiger partial charge is 0.535 e. The second-order valence-electron chi connectivity index (χ2n) is 1.08. The maximum Gasteiger partial charge on any atom is 0.0131 e. The molecular weight excluding hydrogens is 247 g/mol. The fourth-order valence-electron chi connectivity index (χ4n) is 0.216. The summed E-state index contributed by atoms with van der Waals surface area (Å²) in [6.45, 7) is 0.793. The van der Waals surface area contributed by atoms with Gasteiger partial charge in [-0.1, -0.05) is 22.4 Å². The number of nitrogens with zero attached hydrogens (tertiary/aromatic N) is 1. The molecule has 0 heterocycles. The zero-order valence-corrected chi connectivity index (χ0v) is 9.36. The van der Waals surface area contributed by atoms with Gasteiger partial charge in [-0.3, -0.25) is 0 Å². The van der Waals surface area contributed by atoms with Crippen molar-refractivity contribution < 1.29 is 37.5 Å². The van der Waals surface area contributed by atoms with Gasteiger partial charge in [-0.25, -0.2) is 0 Å². The van der Waals surface area contributed by atoms with E-state index in [9.17, 15) is 0 Å². The Bertz CT molecular complexity index is 35.2. The van der Waals surface area contributed by atoms with Crippen molar-refractivity contribution in [2.45, 2.75) is 6.42 Å². The van der Waals surface area contributed by atoms with E-state index in [0.717, 1.165) is 18.3 Å². The molecule has 0 N–H and O–H groups in total. The first-order valence-electron chi connectivity index (χ1n) is 2.17. The monoisotopic (exact) mass is 255 g/mol. The fourth-order valence-corrected chi connectivity index (χ4v) is 0.466. The Hall–Kier alpha value is 1.50. The van der Waals surface area contributed by atoms with E-state index in [2.05, 4.69) is 26.2 Å². The molecule has 4 heteroatoms. The van der Waals surface area contributed by atoms with Crippen molar-refractivity contribution >= 4 is 15.9 Å². The summed E-state index contributed by atoms with van der Waals surface area (Å²) in [5, 5.41) is 1.000. The van der Waals surface area contributed by atoms with Crippen LogP contribution in [-0.2, 0) is 37.5 Å². The Morgan fingerprint density at radius 3 is 2.62 bits per heavy atom. The molecule has 0 aromatic carbocycles. The van der Waals surface area contributed by atoms with Gasteiger partial charge in [-0.05, 0) is 0 Å². The van der Waals surface area contributed by atoms with Crippen molar-refractivity contribution in [1.82, 2.24) is 0 Å². The third kappa shape index (κ3) is 10.5. The predicted molar refractivity (Wildman–Crippen MR) is 33.6 cm³/mol. The van der Waals surface area contributed by atoms with E-state index >= 15 is 0 Å². The topological polar surface area (TPSA) is 23.3 Å². The molecule has 0 saturated carbocycles. The first kappa shape index (κ1) is 12.2. The Labute approximate surface area is 83.7 Å². The molecule has 0 rings (SSSR count). The van der Waals surface area contributed by atoms with E-state index in [-0.39, 0.29) is 32.7 Å². The molecule has 0 aliphatic heterocycles. The van der Waals surface area contributed by atoms with Gasteiger partial charge in [0.1, 0.15) is 0 Å². The summed E-state index contributed by atoms with van der Waals surface area (Å²) in [7, 11) is 1.56. The first-order chi connectivity index (χ1) is 3.41. The van der Waals surface area contributed by atoms with Crippen molar-refractivity contribution in [3.8, 4) is 0 Å². The van der Waals surface area contributed by atoms with Gasteiger partial charge in [0.2, 0.25) is 0 Å². The molecule has 47 valence electrons. The van der Waals surface area contributed by atoms with Crippen LogP contribution in [0, 0.1) is 0 Å². The van der Waals surface area contributed by atoms with Crippen LogP contribution in [0.3, 0.4) is 0 Å². The Morgan fingerprint density at radius 2 is 2.25 bits per heavy atom. The van der Waals surface area contributed by atoms with E-state index in [1.807, 2.05) is 0 Å². The van der Waals surface area contributed by atoms with Crippen LogP contribution in [0.2, 0.25) is 0 Å². The van der Waals surface area contributed by atoms with E-state index in [4.69, 9.17) is 0 Å². The van der Waals surface area contributed by atoms with E-state index in [1.165, 1.54) is 0 Å². The summed E-state index contributed by atoms with van der Waals surface area (Å²) in [4.78, 5) is 4.45. The molecule has 0 bridgehead atoms. The molecule has 0 spiro atoms. The standard InChI is InChI=1S/C4H9BrNO.Y/c1-7-6-4-2-3-5;/h2-4H2,1H3;/q-1;. The SMILES string of the molecule is CO[N-]CCCBr.[Y]. The van der Waals surface area contributed by atoms with Gasteiger partial charge in [-0.2, -0.15) is 0 Å². The molecule has 8 heavy (non-hydrogen) atoms. The number of halogens is 1. The van der Waals surface area contributed by atoms with Gasteiger partial charge < -0.3 is 10.3 Å². The predicted octanol–water partition coefficient (Wildman–Crippen LogP) is 1.70. The van der Waals surface area contributed by atoms with Crippen LogP contribution in [0.5, 0.6) is 0 Å². The van der Waals surface area contributed by atoms with Gasteiger partial charge in [-0.15, -0.1) is 6.54 Å². The number of alkyl halides is 1. The van der Waals surface area contributed by atoms with Crippen LogP contribution >= 0.6 is 15.9 Å². The van der Waals surface area contributed by atoms with Crippen molar-refractivity contribution in [1.29, 1.82) is 0 Å². The molecule has 0 saturated heterocycles. The van der Waals surface area contributed by atoms with Crippen molar-refractivity contribution in [2.24, 2.45) is 0 Å². The second kappa shape index (κ2) is 11.3. The van der Waals surface area contributed by atoms with Crippen LogP contribution < -0.4 is 0 Å². The fraction of sp³-hybridized carbons (Fsp3) is 1.00. The summed E-state index contributed by atoms with van der Waals surface area (Å²) < 4.78 is 0. The third-order valence-electron chi connectivity index (χ3n) is 0.512. The normalized spacial score (nSPS) is 8.25. The summed E-state index contributed by atoms with van der Waals surface area (Å²) in [5.74, 6) is 0. The zero-order chi connectivity index (χ0) is 5.54. The maximum absolute atomic E-state index is 4.45. The second-order valence-corrected chi connectivity index (χ2v) is 1.87. The molecule has 1 radical (unpaired) electrons. The van der Waals surface area contributed by atoms with E-state index in [1.54, 1.807) is 7.11 Å². The molecule has 0 fully saturated rings. The maximum atomic E-state index is 4.45. The molecular formula is C4H9BrNOY-. The van der Waals surface area contributed by atoms with Gasteiger partial charge in [0.15, 0.2) is 0 Å². The van der Waals surface area contributed by atoms with Crippen molar-refractivity contribution in [3.63, 3.8) is 0 Å². The molecule has 0 aromatic rings. The van der Waals surface area contributed by atoms with Crippen LogP contribution in [0.25, 0.3) is 5.48 Å². The van der Waals surface area contributed by atoms with Crippen LogP contribution in [0.4, 0.5) is 0 Å². The number of hydrogen-bond donors (Lipinski definition) is 0. The molecule has 0 aliphatic carbocycles. The average molecular weight is 256 g/mol. The molecule has 0 aromatic heterocycles. The molecule has 0 atom stereocenters. The Morgan fingerprint density at radius 1 is 1.62 bits per heavy atom. The molecule has 0 aliphatic rings. The summed E-state index contributed by atoms with van der Waals surface area (Å²) in [6.07, 6.45) is 1.05. The van der Waals surface area contributed by atoms with Gasteiger partial charge >= 0.3 is 0 Å². The van der Waals surface area contributed by atoms with Gasteiger partial charge in [0.05, 0.1) is 0 Å². The zero-order valence-electron chi connectivity index (χ0n) is 4.93. The smallest absolute Gasteiger partial charge is 0.0131 e. The summed E-state index contributed by atoms with van der Waals surface area (Å²) >= 11 is 3.26. The van der Waals surface area contributed by atoms with Gasteiger partial charge in [0, 0.05) is 45.1 Å². The minimum Gasteiger partial charge on any atom is -0.535 e. The number of hydrogen-bond acceptors (Lipinski definition) is 1. The minimum atomic E-state index is 0. The average Bonchev–Trinajstić information content (AvgIpc) is 1.69. The van der Waals surface area contributed by atoms with Crippen LogP contribution in [0.15, 0.2) is 0 Å². The first-order valence-corrected chi connectivity index (χ1v) is 3.30. The van der Waals surface area contributed by atoms with Crippen LogP contribution in [0.1, 0.15) is 6.42 Å². The van der Waals surface area contributed by atoms with Crippen molar-refractivity contribution in [2.75, 3.05) is 19.0 Å². The Kier molecular flexibility index (Phi) is 17.3. The molecule has 2 nitrogen and oxygen atoms in total. The minimum absolute atomic E-state index is 0. The van der Waals surface area contributed by atoms with E-state index in [0.29, 0.717) is 0 Å². The van der Waals surface area contributed by atoms with Gasteiger partial charge in [0.25, 0.3) is 0 Å². The summed E-state index contributed by atoms with van der Waals surface area (Å²) in [5.41, 5.74) is 3.63. The third-order valence-corrected chi connectivity index (χ3v) is 1.07.